The van der Waals surface area contributed by atoms with Crippen LogP contribution in [0.3, 0.4) is 0 Å². The molecule has 0 saturated carbocycles. The van der Waals surface area contributed by atoms with Crippen molar-refractivity contribution >= 4 is 28.6 Å². The lowest BCUT2D eigenvalue weighted by molar-refractivity contribution is -0.114. The second-order valence-corrected chi connectivity index (χ2v) is 5.61. The number of methoxy groups -OCH3 is 1. The maximum atomic E-state index is 11.1. The van der Waals surface area contributed by atoms with Gasteiger partial charge >= 0.3 is 0 Å². The van der Waals surface area contributed by atoms with Crippen LogP contribution in [0.1, 0.15) is 16.8 Å². The van der Waals surface area contributed by atoms with Gasteiger partial charge in [0.15, 0.2) is 0 Å². The number of ether oxygens (including phenoxy) is 1. The van der Waals surface area contributed by atoms with Crippen molar-refractivity contribution in [2.75, 3.05) is 17.7 Å². The van der Waals surface area contributed by atoms with E-state index in [4.69, 9.17) is 4.74 Å². The number of anilines is 2. The van der Waals surface area contributed by atoms with Crippen LogP contribution in [0.15, 0.2) is 24.4 Å². The molecule has 5 nitrogen and oxygen atoms in total. The summed E-state index contributed by atoms with van der Waals surface area (Å²) >= 11 is 1.65. The molecule has 0 spiro atoms. The Labute approximate surface area is 122 Å². The van der Waals surface area contributed by atoms with Crippen molar-refractivity contribution < 1.29 is 9.53 Å². The standard InChI is InChI=1S/C14H17N3O2S/c1-9(18)17-11-4-5-14(19-3)13(6-11)16-8-12-7-15-10(2)20-12/h4-7,16H,8H2,1-3H3,(H,17,18). The van der Waals surface area contributed by atoms with Crippen LogP contribution in [0.25, 0.3) is 0 Å². The lowest BCUT2D eigenvalue weighted by Crippen LogP contribution is -2.07. The Morgan fingerprint density at radius 1 is 1.45 bits per heavy atom. The van der Waals surface area contributed by atoms with Crippen molar-refractivity contribution in [3.8, 4) is 5.75 Å². The van der Waals surface area contributed by atoms with Crippen molar-refractivity contribution in [2.45, 2.75) is 20.4 Å². The lowest BCUT2D eigenvalue weighted by atomic mass is 10.2. The summed E-state index contributed by atoms with van der Waals surface area (Å²) in [6.07, 6.45) is 1.86. The zero-order chi connectivity index (χ0) is 14.5. The van der Waals surface area contributed by atoms with Gasteiger partial charge in [0.1, 0.15) is 5.75 Å². The highest BCUT2D eigenvalue weighted by atomic mass is 32.1. The first-order valence-corrected chi connectivity index (χ1v) is 7.01. The third-order valence-electron chi connectivity index (χ3n) is 2.64. The number of aryl methyl sites for hydroxylation is 1. The van der Waals surface area contributed by atoms with Crippen molar-refractivity contribution in [1.29, 1.82) is 0 Å². The van der Waals surface area contributed by atoms with Crippen molar-refractivity contribution in [1.82, 2.24) is 4.98 Å². The Bertz CT molecular complexity index is 610. The smallest absolute Gasteiger partial charge is 0.221 e. The molecule has 2 aromatic rings. The summed E-state index contributed by atoms with van der Waals surface area (Å²) < 4.78 is 5.31. The predicted molar refractivity (Wildman–Crippen MR) is 81.5 cm³/mol. The highest BCUT2D eigenvalue weighted by molar-refractivity contribution is 7.11. The summed E-state index contributed by atoms with van der Waals surface area (Å²) in [5.41, 5.74) is 1.58. The van der Waals surface area contributed by atoms with Gasteiger partial charge in [-0.25, -0.2) is 4.98 Å². The van der Waals surface area contributed by atoms with E-state index in [0.717, 1.165) is 27.0 Å². The van der Waals surface area contributed by atoms with Gasteiger partial charge in [0.2, 0.25) is 5.91 Å². The van der Waals surface area contributed by atoms with E-state index < -0.39 is 0 Å². The monoisotopic (exact) mass is 291 g/mol. The Kier molecular flexibility index (Phi) is 4.57. The summed E-state index contributed by atoms with van der Waals surface area (Å²) in [5, 5.41) is 7.10. The van der Waals surface area contributed by atoms with E-state index in [1.54, 1.807) is 18.4 Å². The molecule has 0 radical (unpaired) electrons. The number of thiazole rings is 1. The number of aromatic nitrogens is 1. The van der Waals surface area contributed by atoms with E-state index in [-0.39, 0.29) is 5.91 Å². The first-order chi connectivity index (χ1) is 9.58. The molecule has 1 aromatic carbocycles. The van der Waals surface area contributed by atoms with Crippen LogP contribution in [-0.4, -0.2) is 18.0 Å². The minimum Gasteiger partial charge on any atom is -0.495 e. The third kappa shape index (κ3) is 3.71. The largest absolute Gasteiger partial charge is 0.495 e. The van der Waals surface area contributed by atoms with Gasteiger partial charge < -0.3 is 15.4 Å². The topological polar surface area (TPSA) is 63.2 Å². The Morgan fingerprint density at radius 2 is 2.25 bits per heavy atom. The van der Waals surface area contributed by atoms with Crippen LogP contribution in [0, 0.1) is 6.92 Å². The van der Waals surface area contributed by atoms with Crippen LogP contribution >= 0.6 is 11.3 Å². The molecule has 2 N–H and O–H groups in total. The molecule has 0 aliphatic heterocycles. The van der Waals surface area contributed by atoms with Gasteiger partial charge in [-0.3, -0.25) is 4.79 Å². The van der Waals surface area contributed by atoms with E-state index in [2.05, 4.69) is 15.6 Å². The number of hydrogen-bond donors (Lipinski definition) is 2. The molecule has 6 heteroatoms. The van der Waals surface area contributed by atoms with Gasteiger partial charge in [-0.2, -0.15) is 0 Å². The van der Waals surface area contributed by atoms with Gasteiger partial charge in [0.25, 0.3) is 0 Å². The molecule has 0 bridgehead atoms. The second kappa shape index (κ2) is 6.38. The molecule has 0 aliphatic rings. The Hall–Kier alpha value is -2.08. The first-order valence-electron chi connectivity index (χ1n) is 6.19. The van der Waals surface area contributed by atoms with Gasteiger partial charge in [-0.05, 0) is 25.1 Å². The zero-order valence-corrected chi connectivity index (χ0v) is 12.5. The van der Waals surface area contributed by atoms with Crippen molar-refractivity contribution in [3.05, 3.63) is 34.3 Å². The zero-order valence-electron chi connectivity index (χ0n) is 11.7. The molecule has 1 heterocycles. The fourth-order valence-electron chi connectivity index (χ4n) is 1.80. The normalized spacial score (nSPS) is 10.2. The maximum Gasteiger partial charge on any atom is 0.221 e. The molecular weight excluding hydrogens is 274 g/mol. The predicted octanol–water partition coefficient (Wildman–Crippen LogP) is 3.03. The summed E-state index contributed by atoms with van der Waals surface area (Å²) in [4.78, 5) is 16.5. The van der Waals surface area contributed by atoms with Gasteiger partial charge in [0, 0.05) is 23.7 Å². The van der Waals surface area contributed by atoms with Crippen LogP contribution < -0.4 is 15.4 Å². The van der Waals surface area contributed by atoms with Crippen LogP contribution in [0.2, 0.25) is 0 Å². The summed E-state index contributed by atoms with van der Waals surface area (Å²) in [6.45, 7) is 4.13. The lowest BCUT2D eigenvalue weighted by Gasteiger charge is -2.12. The number of benzene rings is 1. The quantitative estimate of drug-likeness (QED) is 0.889. The molecule has 20 heavy (non-hydrogen) atoms. The van der Waals surface area contributed by atoms with E-state index >= 15 is 0 Å². The molecule has 1 aromatic heterocycles. The molecule has 0 aliphatic carbocycles. The van der Waals surface area contributed by atoms with Gasteiger partial charge in [-0.1, -0.05) is 0 Å². The molecule has 0 fully saturated rings. The van der Waals surface area contributed by atoms with Gasteiger partial charge in [0.05, 0.1) is 24.3 Å². The SMILES string of the molecule is COc1ccc(NC(C)=O)cc1NCc1cnc(C)s1. The first kappa shape index (κ1) is 14.3. The molecular formula is C14H17N3O2S. The number of carbonyl (C=O) groups is 1. The fourth-order valence-corrected chi connectivity index (χ4v) is 2.53. The maximum absolute atomic E-state index is 11.1. The van der Waals surface area contributed by atoms with E-state index in [1.165, 1.54) is 6.92 Å². The Balaban J connectivity index is 2.13. The average molecular weight is 291 g/mol. The second-order valence-electron chi connectivity index (χ2n) is 4.30. The third-order valence-corrected chi connectivity index (χ3v) is 3.55. The number of nitrogens with zero attached hydrogens (tertiary/aromatic N) is 1. The minimum absolute atomic E-state index is 0.0980. The number of amides is 1. The number of carbonyl (C=O) groups excluding carboxylic acids is 1. The average Bonchev–Trinajstić information content (AvgIpc) is 2.82. The number of rotatable bonds is 5. The number of nitrogens with one attached hydrogen (secondary N) is 2. The Morgan fingerprint density at radius 3 is 2.85 bits per heavy atom. The highest BCUT2D eigenvalue weighted by Crippen LogP contribution is 2.28. The van der Waals surface area contributed by atoms with E-state index in [1.807, 2.05) is 31.3 Å². The molecule has 106 valence electrons. The highest BCUT2D eigenvalue weighted by Gasteiger charge is 2.06. The summed E-state index contributed by atoms with van der Waals surface area (Å²) in [7, 11) is 1.62. The van der Waals surface area contributed by atoms with E-state index in [0.29, 0.717) is 6.54 Å². The van der Waals surface area contributed by atoms with Crippen LogP contribution in [0.5, 0.6) is 5.75 Å². The summed E-state index contributed by atoms with van der Waals surface area (Å²) in [6, 6.07) is 5.49. The molecule has 0 atom stereocenters. The molecule has 2 rings (SSSR count). The molecule has 1 amide bonds. The van der Waals surface area contributed by atoms with Gasteiger partial charge in [-0.15, -0.1) is 11.3 Å². The van der Waals surface area contributed by atoms with Crippen molar-refractivity contribution in [3.63, 3.8) is 0 Å². The number of hydrogen-bond acceptors (Lipinski definition) is 5. The molecule has 0 unspecified atom stereocenters. The molecule has 0 saturated heterocycles. The van der Waals surface area contributed by atoms with Crippen molar-refractivity contribution in [2.24, 2.45) is 0 Å². The minimum atomic E-state index is -0.0980. The summed E-state index contributed by atoms with van der Waals surface area (Å²) in [5.74, 6) is 0.638. The van der Waals surface area contributed by atoms with E-state index in [9.17, 15) is 4.79 Å². The fraction of sp³-hybridized carbons (Fsp3) is 0.286. The van der Waals surface area contributed by atoms with Crippen LogP contribution in [0.4, 0.5) is 11.4 Å². The van der Waals surface area contributed by atoms with Crippen LogP contribution in [-0.2, 0) is 11.3 Å².